The summed E-state index contributed by atoms with van der Waals surface area (Å²) >= 11 is 3.54. The highest BCUT2D eigenvalue weighted by Crippen LogP contribution is 2.27. The number of rotatable bonds is 2. The summed E-state index contributed by atoms with van der Waals surface area (Å²) in [5, 5.41) is 13.6. The normalized spacial score (nSPS) is 13.0. The fourth-order valence-corrected chi connectivity index (χ4v) is 2.49. The molecule has 77 valence electrons. The van der Waals surface area contributed by atoms with Crippen LogP contribution in [0.2, 0.25) is 0 Å². The first kappa shape index (κ1) is 10.7. The standard InChI is InChI=1S/C13H12BrO/c1-9(15)8-11-6-2-4-10-5-3-7-12(14)13(10)11/h2-7,9H,8H2,1H3. The molecule has 0 aromatic heterocycles. The van der Waals surface area contributed by atoms with Gasteiger partial charge in [-0.2, -0.15) is 0 Å². The highest BCUT2D eigenvalue weighted by Gasteiger charge is 2.07. The molecule has 2 rings (SSSR count). The molecular formula is C13H12BrO. The van der Waals surface area contributed by atoms with E-state index in [1.165, 1.54) is 10.8 Å². The van der Waals surface area contributed by atoms with E-state index < -0.39 is 6.10 Å². The number of benzene rings is 2. The molecule has 0 aliphatic heterocycles. The first-order valence-corrected chi connectivity index (χ1v) is 5.79. The van der Waals surface area contributed by atoms with Gasteiger partial charge in [-0.15, -0.1) is 0 Å². The van der Waals surface area contributed by atoms with E-state index in [0.717, 1.165) is 10.0 Å². The zero-order chi connectivity index (χ0) is 10.8. The fraction of sp³-hybridized carbons (Fsp3) is 0.231. The van der Waals surface area contributed by atoms with Crippen LogP contribution >= 0.6 is 15.9 Å². The van der Waals surface area contributed by atoms with Crippen molar-refractivity contribution in [2.75, 3.05) is 0 Å². The molecule has 0 saturated heterocycles. The van der Waals surface area contributed by atoms with Gasteiger partial charge in [0.05, 0.1) is 6.10 Å². The molecule has 0 aliphatic rings. The van der Waals surface area contributed by atoms with E-state index in [2.05, 4.69) is 28.1 Å². The van der Waals surface area contributed by atoms with Crippen molar-refractivity contribution in [2.24, 2.45) is 0 Å². The van der Waals surface area contributed by atoms with E-state index in [9.17, 15) is 5.11 Å². The summed E-state index contributed by atoms with van der Waals surface area (Å²) in [6, 6.07) is 12.2. The van der Waals surface area contributed by atoms with Crippen molar-refractivity contribution in [1.29, 1.82) is 0 Å². The molecule has 0 spiro atoms. The van der Waals surface area contributed by atoms with Crippen LogP contribution in [-0.2, 0) is 11.5 Å². The molecule has 2 aromatic rings. The van der Waals surface area contributed by atoms with Gasteiger partial charge in [-0.05, 0) is 29.3 Å². The SMILES string of the molecule is CC([O])Cc1cccc2cccc(Br)c12. The van der Waals surface area contributed by atoms with E-state index in [-0.39, 0.29) is 0 Å². The van der Waals surface area contributed by atoms with Crippen LogP contribution < -0.4 is 0 Å². The van der Waals surface area contributed by atoms with Crippen molar-refractivity contribution >= 4 is 26.7 Å². The number of hydrogen-bond donors (Lipinski definition) is 0. The summed E-state index contributed by atoms with van der Waals surface area (Å²) in [7, 11) is 0. The Morgan fingerprint density at radius 1 is 1.20 bits per heavy atom. The third kappa shape index (κ3) is 2.21. The molecule has 0 saturated carbocycles. The van der Waals surface area contributed by atoms with Gasteiger partial charge in [0, 0.05) is 10.9 Å². The first-order chi connectivity index (χ1) is 7.18. The first-order valence-electron chi connectivity index (χ1n) is 5.00. The van der Waals surface area contributed by atoms with Crippen molar-refractivity contribution < 1.29 is 5.11 Å². The Labute approximate surface area is 97.9 Å². The molecule has 2 heteroatoms. The van der Waals surface area contributed by atoms with Crippen molar-refractivity contribution in [1.82, 2.24) is 0 Å². The van der Waals surface area contributed by atoms with Gasteiger partial charge in [0.1, 0.15) is 0 Å². The van der Waals surface area contributed by atoms with Crippen LogP contribution in [0.1, 0.15) is 12.5 Å². The Bertz CT molecular complexity index is 472. The Balaban J connectivity index is 2.63. The van der Waals surface area contributed by atoms with E-state index >= 15 is 0 Å². The summed E-state index contributed by atoms with van der Waals surface area (Å²) < 4.78 is 1.07. The van der Waals surface area contributed by atoms with Gasteiger partial charge < -0.3 is 0 Å². The predicted molar refractivity (Wildman–Crippen MR) is 65.5 cm³/mol. The Hall–Kier alpha value is -0.860. The topological polar surface area (TPSA) is 19.9 Å². The van der Waals surface area contributed by atoms with Crippen LogP contribution in [0.15, 0.2) is 40.9 Å². The minimum absolute atomic E-state index is 0.553. The van der Waals surface area contributed by atoms with Crippen LogP contribution in [0.3, 0.4) is 0 Å². The maximum atomic E-state index is 11.2. The summed E-state index contributed by atoms with van der Waals surface area (Å²) in [6.07, 6.45) is 0.0302. The second-order valence-electron chi connectivity index (χ2n) is 3.77. The maximum absolute atomic E-state index is 11.2. The largest absolute Gasteiger partial charge is 0.233 e. The lowest BCUT2D eigenvalue weighted by molar-refractivity contribution is 0.106. The summed E-state index contributed by atoms with van der Waals surface area (Å²) in [5.41, 5.74) is 1.13. The summed E-state index contributed by atoms with van der Waals surface area (Å²) in [4.78, 5) is 0. The average Bonchev–Trinajstić information content (AvgIpc) is 2.17. The lowest BCUT2D eigenvalue weighted by atomic mass is 10.0. The fourth-order valence-electron chi connectivity index (χ4n) is 1.85. The molecule has 1 unspecified atom stereocenters. The molecule has 0 amide bonds. The molecule has 1 nitrogen and oxygen atoms in total. The van der Waals surface area contributed by atoms with Crippen molar-refractivity contribution in [3.05, 3.63) is 46.4 Å². The highest BCUT2D eigenvalue weighted by molar-refractivity contribution is 9.10. The van der Waals surface area contributed by atoms with Crippen LogP contribution in [0, 0.1) is 0 Å². The molecule has 1 radical (unpaired) electrons. The number of fused-ring (bicyclic) bond motifs is 1. The number of hydrogen-bond acceptors (Lipinski definition) is 0. The van der Waals surface area contributed by atoms with Crippen LogP contribution in [0.4, 0.5) is 0 Å². The Morgan fingerprint density at radius 2 is 1.87 bits per heavy atom. The van der Waals surface area contributed by atoms with Gasteiger partial charge in [-0.1, -0.05) is 46.3 Å². The second-order valence-corrected chi connectivity index (χ2v) is 4.62. The van der Waals surface area contributed by atoms with Crippen LogP contribution in [-0.4, -0.2) is 6.10 Å². The van der Waals surface area contributed by atoms with Gasteiger partial charge >= 0.3 is 0 Å². The molecule has 2 aromatic carbocycles. The van der Waals surface area contributed by atoms with E-state index in [1.54, 1.807) is 6.92 Å². The minimum atomic E-state index is -0.553. The molecule has 1 atom stereocenters. The Morgan fingerprint density at radius 3 is 2.53 bits per heavy atom. The third-order valence-corrected chi connectivity index (χ3v) is 3.11. The maximum Gasteiger partial charge on any atom is 0.0942 e. The quantitative estimate of drug-likeness (QED) is 0.782. The van der Waals surface area contributed by atoms with Gasteiger partial charge in [0.2, 0.25) is 0 Å². The van der Waals surface area contributed by atoms with E-state index in [4.69, 9.17) is 0 Å². The number of halogens is 1. The molecule has 0 heterocycles. The molecule has 0 fully saturated rings. The lowest BCUT2D eigenvalue weighted by Crippen LogP contribution is -2.02. The zero-order valence-electron chi connectivity index (χ0n) is 8.53. The van der Waals surface area contributed by atoms with E-state index in [1.807, 2.05) is 24.3 Å². The summed E-state index contributed by atoms with van der Waals surface area (Å²) in [6.45, 7) is 1.70. The highest BCUT2D eigenvalue weighted by atomic mass is 79.9. The van der Waals surface area contributed by atoms with Crippen LogP contribution in [0.5, 0.6) is 0 Å². The predicted octanol–water partition coefficient (Wildman–Crippen LogP) is 3.96. The summed E-state index contributed by atoms with van der Waals surface area (Å²) in [5.74, 6) is 0. The van der Waals surface area contributed by atoms with E-state index in [0.29, 0.717) is 6.42 Å². The molecule has 15 heavy (non-hydrogen) atoms. The smallest absolute Gasteiger partial charge is 0.0942 e. The lowest BCUT2D eigenvalue weighted by Gasteiger charge is -2.08. The molecular weight excluding hydrogens is 252 g/mol. The Kier molecular flexibility index (Phi) is 3.08. The van der Waals surface area contributed by atoms with Crippen molar-refractivity contribution in [2.45, 2.75) is 19.4 Å². The van der Waals surface area contributed by atoms with Crippen LogP contribution in [0.25, 0.3) is 10.8 Å². The third-order valence-electron chi connectivity index (χ3n) is 2.45. The monoisotopic (exact) mass is 263 g/mol. The van der Waals surface area contributed by atoms with Gasteiger partial charge in [0.15, 0.2) is 0 Å². The van der Waals surface area contributed by atoms with Gasteiger partial charge in [0.25, 0.3) is 0 Å². The van der Waals surface area contributed by atoms with Gasteiger partial charge in [-0.25, -0.2) is 5.11 Å². The second kappa shape index (κ2) is 4.33. The van der Waals surface area contributed by atoms with Crippen molar-refractivity contribution in [3.8, 4) is 0 Å². The van der Waals surface area contributed by atoms with Crippen molar-refractivity contribution in [3.63, 3.8) is 0 Å². The zero-order valence-corrected chi connectivity index (χ0v) is 10.1. The molecule has 0 aliphatic carbocycles. The minimum Gasteiger partial charge on any atom is -0.233 e. The molecule has 0 bridgehead atoms. The van der Waals surface area contributed by atoms with Gasteiger partial charge in [-0.3, -0.25) is 0 Å². The molecule has 0 N–H and O–H groups in total. The average molecular weight is 264 g/mol.